The molecule has 0 bridgehead atoms. The van der Waals surface area contributed by atoms with Crippen LogP contribution < -0.4 is 21.9 Å². The molecule has 2 aromatic carbocycles. The van der Waals surface area contributed by atoms with E-state index in [2.05, 4.69) is 4.98 Å². The van der Waals surface area contributed by atoms with E-state index in [4.69, 9.17) is 22.1 Å². The highest BCUT2D eigenvalue weighted by molar-refractivity contribution is 7.19. The number of hydrogen-bond acceptors (Lipinski definition) is 6. The topological polar surface area (TPSA) is 93.3 Å². The molecule has 9 heteroatoms. The highest BCUT2D eigenvalue weighted by Gasteiger charge is 2.21. The minimum atomic E-state index is -0.549. The minimum absolute atomic E-state index is 0.107. The van der Waals surface area contributed by atoms with E-state index in [-0.39, 0.29) is 18.1 Å². The van der Waals surface area contributed by atoms with E-state index < -0.39 is 11.2 Å². The van der Waals surface area contributed by atoms with Crippen LogP contribution >= 0.6 is 22.9 Å². The van der Waals surface area contributed by atoms with Crippen molar-refractivity contribution in [1.82, 2.24) is 9.55 Å². The molecular weight excluding hydrogens is 448 g/mol. The van der Waals surface area contributed by atoms with Crippen LogP contribution in [0.15, 0.2) is 64.2 Å². The Balaban J connectivity index is 1.77. The number of nitrogens with two attached hydrogens (primary N) is 1. The molecule has 32 heavy (non-hydrogen) atoms. The highest BCUT2D eigenvalue weighted by atomic mass is 35.5. The van der Waals surface area contributed by atoms with Crippen LogP contribution in [-0.2, 0) is 17.8 Å². The maximum absolute atomic E-state index is 12.9. The summed E-state index contributed by atoms with van der Waals surface area (Å²) in [4.78, 5) is 30.5. The molecule has 7 nitrogen and oxygen atoms in total. The fourth-order valence-corrected chi connectivity index (χ4v) is 5.13. The number of ether oxygens (including phenoxy) is 1. The first-order valence-electron chi connectivity index (χ1n) is 10.1. The fourth-order valence-electron chi connectivity index (χ4n) is 3.62. The van der Waals surface area contributed by atoms with Gasteiger partial charge in [0.15, 0.2) is 0 Å². The Morgan fingerprint density at radius 2 is 1.84 bits per heavy atom. The first-order valence-corrected chi connectivity index (χ1v) is 11.3. The molecule has 0 aliphatic heterocycles. The van der Waals surface area contributed by atoms with Gasteiger partial charge in [0, 0.05) is 28.6 Å². The van der Waals surface area contributed by atoms with Gasteiger partial charge in [0.25, 0.3) is 5.56 Å². The third-order valence-corrected chi connectivity index (χ3v) is 6.91. The molecule has 0 radical (unpaired) electrons. The monoisotopic (exact) mass is 470 g/mol. The molecule has 0 saturated carbocycles. The van der Waals surface area contributed by atoms with E-state index in [0.717, 1.165) is 20.5 Å². The van der Waals surface area contributed by atoms with Crippen LogP contribution in [0.25, 0.3) is 10.1 Å². The number of benzene rings is 2. The Bertz CT molecular complexity index is 1350. The molecule has 0 fully saturated rings. The summed E-state index contributed by atoms with van der Waals surface area (Å²) in [7, 11) is 1.59. The Morgan fingerprint density at radius 1 is 1.12 bits per heavy atom. The van der Waals surface area contributed by atoms with Gasteiger partial charge in [-0.3, -0.25) is 14.3 Å². The lowest BCUT2D eigenvalue weighted by atomic mass is 10.2. The highest BCUT2D eigenvalue weighted by Crippen LogP contribution is 2.36. The van der Waals surface area contributed by atoms with E-state index in [1.54, 1.807) is 18.4 Å². The van der Waals surface area contributed by atoms with Gasteiger partial charge in [-0.25, -0.2) is 4.79 Å². The van der Waals surface area contributed by atoms with E-state index >= 15 is 0 Å². The maximum atomic E-state index is 12.9. The molecular formula is C23H23ClN4O3S. The first kappa shape index (κ1) is 22.1. The van der Waals surface area contributed by atoms with Gasteiger partial charge >= 0.3 is 5.69 Å². The molecule has 4 aromatic rings. The van der Waals surface area contributed by atoms with Gasteiger partial charge in [-0.05, 0) is 11.6 Å². The third-order valence-electron chi connectivity index (χ3n) is 5.22. The number of thiophene rings is 1. The summed E-state index contributed by atoms with van der Waals surface area (Å²) in [5.74, 6) is 0.107. The summed E-state index contributed by atoms with van der Waals surface area (Å²) in [5.41, 5.74) is 6.44. The second-order valence-corrected chi connectivity index (χ2v) is 8.83. The average Bonchev–Trinajstić information content (AvgIpc) is 3.11. The number of nitrogens with one attached hydrogen (secondary N) is 1. The predicted octanol–water partition coefficient (Wildman–Crippen LogP) is 3.69. The fraction of sp³-hybridized carbons (Fsp3) is 0.217. The number of rotatable bonds is 8. The molecule has 0 aliphatic carbocycles. The molecule has 0 aliphatic rings. The van der Waals surface area contributed by atoms with Crippen LogP contribution in [0.5, 0.6) is 0 Å². The van der Waals surface area contributed by atoms with Gasteiger partial charge in [-0.1, -0.05) is 60.1 Å². The predicted molar refractivity (Wildman–Crippen MR) is 131 cm³/mol. The van der Waals surface area contributed by atoms with E-state index in [9.17, 15) is 9.59 Å². The van der Waals surface area contributed by atoms with Crippen LogP contribution in [0.4, 0.5) is 11.5 Å². The van der Waals surface area contributed by atoms with Gasteiger partial charge < -0.3 is 15.4 Å². The van der Waals surface area contributed by atoms with Crippen LogP contribution in [0.3, 0.4) is 0 Å². The number of H-pyrrole nitrogens is 1. The number of nitrogen functional groups attached to an aromatic ring is 1. The van der Waals surface area contributed by atoms with Crippen molar-refractivity contribution >= 4 is 44.5 Å². The number of halogens is 1. The molecule has 0 unspecified atom stereocenters. The molecule has 0 saturated heterocycles. The maximum Gasteiger partial charge on any atom is 0.330 e. The standard InChI is InChI=1S/C23H23ClN4O3S/c1-31-12-11-27(14-18-19(24)16-9-5-6-10-17(16)32-18)20-21(25)28(23(30)26-22(20)29)13-15-7-3-2-4-8-15/h2-10H,11-14,25H2,1H3,(H,26,29,30). The number of hydrogen-bond donors (Lipinski definition) is 2. The van der Waals surface area contributed by atoms with Crippen molar-refractivity contribution < 1.29 is 4.74 Å². The van der Waals surface area contributed by atoms with Gasteiger partial charge in [0.2, 0.25) is 0 Å². The Labute approximate surface area is 193 Å². The number of aromatic amines is 1. The third kappa shape index (κ3) is 4.43. The van der Waals surface area contributed by atoms with E-state index in [0.29, 0.717) is 24.7 Å². The average molecular weight is 471 g/mol. The van der Waals surface area contributed by atoms with Gasteiger partial charge in [-0.2, -0.15) is 0 Å². The van der Waals surface area contributed by atoms with E-state index in [1.807, 2.05) is 59.5 Å². The SMILES string of the molecule is COCCN(Cc1sc2ccccc2c1Cl)c1c(N)n(Cc2ccccc2)c(=O)[nH]c1=O. The summed E-state index contributed by atoms with van der Waals surface area (Å²) < 4.78 is 7.70. The molecule has 3 N–H and O–H groups in total. The largest absolute Gasteiger partial charge is 0.383 e. The summed E-state index contributed by atoms with van der Waals surface area (Å²) in [6.07, 6.45) is 0. The summed E-state index contributed by atoms with van der Waals surface area (Å²) in [5, 5.41) is 1.62. The Morgan fingerprint density at radius 3 is 2.56 bits per heavy atom. The lowest BCUT2D eigenvalue weighted by molar-refractivity contribution is 0.205. The summed E-state index contributed by atoms with van der Waals surface area (Å²) in [6.45, 7) is 1.38. The lowest BCUT2D eigenvalue weighted by Gasteiger charge is -2.25. The zero-order valence-electron chi connectivity index (χ0n) is 17.5. The molecule has 0 amide bonds. The summed E-state index contributed by atoms with van der Waals surface area (Å²) >= 11 is 8.21. The van der Waals surface area contributed by atoms with Gasteiger partial charge in [-0.15, -0.1) is 11.3 Å². The normalized spacial score (nSPS) is 11.2. The Hall–Kier alpha value is -3.07. The van der Waals surface area contributed by atoms with Gasteiger partial charge in [0.05, 0.1) is 24.7 Å². The smallest absolute Gasteiger partial charge is 0.330 e. The lowest BCUT2D eigenvalue weighted by Crippen LogP contribution is -2.39. The first-order chi connectivity index (χ1) is 15.5. The van der Waals surface area contributed by atoms with E-state index in [1.165, 1.54) is 4.57 Å². The van der Waals surface area contributed by atoms with Crippen molar-refractivity contribution in [1.29, 1.82) is 0 Å². The quantitative estimate of drug-likeness (QED) is 0.409. The second kappa shape index (κ2) is 9.60. The molecule has 166 valence electrons. The van der Waals surface area contributed by atoms with Crippen LogP contribution in [0.1, 0.15) is 10.4 Å². The summed E-state index contributed by atoms with van der Waals surface area (Å²) in [6, 6.07) is 17.4. The molecule has 2 aromatic heterocycles. The molecule has 0 atom stereocenters. The van der Waals surface area contributed by atoms with Crippen LogP contribution in [0.2, 0.25) is 5.02 Å². The van der Waals surface area contributed by atoms with Gasteiger partial charge in [0.1, 0.15) is 11.5 Å². The van der Waals surface area contributed by atoms with Crippen molar-refractivity contribution in [2.24, 2.45) is 0 Å². The van der Waals surface area contributed by atoms with Crippen molar-refractivity contribution in [2.45, 2.75) is 13.1 Å². The number of nitrogens with zero attached hydrogens (tertiary/aromatic N) is 2. The van der Waals surface area contributed by atoms with Crippen LogP contribution in [0, 0.1) is 0 Å². The van der Waals surface area contributed by atoms with Crippen molar-refractivity contribution in [2.75, 3.05) is 30.9 Å². The number of anilines is 2. The number of fused-ring (bicyclic) bond motifs is 1. The molecule has 4 rings (SSSR count). The van der Waals surface area contributed by atoms with Crippen molar-refractivity contribution in [3.63, 3.8) is 0 Å². The van der Waals surface area contributed by atoms with Crippen LogP contribution in [-0.4, -0.2) is 29.8 Å². The zero-order valence-corrected chi connectivity index (χ0v) is 19.1. The molecule has 2 heterocycles. The second-order valence-electron chi connectivity index (χ2n) is 7.31. The van der Waals surface area contributed by atoms with Crippen molar-refractivity contribution in [3.8, 4) is 0 Å². The number of methoxy groups -OCH3 is 1. The Kier molecular flexibility index (Phi) is 6.64. The number of aromatic nitrogens is 2. The van der Waals surface area contributed by atoms with Crippen molar-refractivity contribution in [3.05, 3.63) is 90.9 Å². The minimum Gasteiger partial charge on any atom is -0.383 e. The zero-order chi connectivity index (χ0) is 22.7. The molecule has 0 spiro atoms.